The first-order valence-corrected chi connectivity index (χ1v) is 7.28. The molecule has 0 bridgehead atoms. The number of aromatic nitrogens is 1. The summed E-state index contributed by atoms with van der Waals surface area (Å²) in [6.07, 6.45) is 1.83. The van der Waals surface area contributed by atoms with Crippen molar-refractivity contribution in [2.75, 3.05) is 38.7 Å². The van der Waals surface area contributed by atoms with Crippen molar-refractivity contribution in [1.29, 1.82) is 0 Å². The minimum atomic E-state index is 0.300. The van der Waals surface area contributed by atoms with Gasteiger partial charge in [0.25, 0.3) is 0 Å². The van der Waals surface area contributed by atoms with E-state index in [9.17, 15) is 0 Å². The van der Waals surface area contributed by atoms with Crippen molar-refractivity contribution in [3.05, 3.63) is 54.2 Å². The first kappa shape index (κ1) is 13.9. The Hall–Kier alpha value is -2.07. The molecule has 0 aliphatic carbocycles. The summed E-state index contributed by atoms with van der Waals surface area (Å²) in [7, 11) is 3.87. The van der Waals surface area contributed by atoms with Crippen LogP contribution in [0.3, 0.4) is 0 Å². The average molecular weight is 283 g/mol. The van der Waals surface area contributed by atoms with E-state index in [1.807, 2.05) is 18.3 Å². The Balaban J connectivity index is 1.98. The zero-order chi connectivity index (χ0) is 14.7. The minimum Gasteiger partial charge on any atom is -0.493 e. The maximum absolute atomic E-state index is 5.49. The van der Waals surface area contributed by atoms with Gasteiger partial charge < -0.3 is 14.5 Å². The summed E-state index contributed by atoms with van der Waals surface area (Å²) >= 11 is 0. The summed E-state index contributed by atoms with van der Waals surface area (Å²) in [6.45, 7) is 2.97. The molecule has 0 spiro atoms. The third-order valence-electron chi connectivity index (χ3n) is 4.01. The molecule has 0 saturated carbocycles. The van der Waals surface area contributed by atoms with Crippen molar-refractivity contribution in [3.63, 3.8) is 0 Å². The number of pyridine rings is 1. The topological polar surface area (TPSA) is 28.6 Å². The van der Waals surface area contributed by atoms with Crippen LogP contribution in [-0.4, -0.2) is 43.7 Å². The number of piperazine rings is 1. The molecule has 4 heteroatoms. The molecule has 0 amide bonds. The molecule has 0 radical (unpaired) electrons. The van der Waals surface area contributed by atoms with Gasteiger partial charge in [0.15, 0.2) is 11.6 Å². The van der Waals surface area contributed by atoms with E-state index in [4.69, 9.17) is 4.74 Å². The van der Waals surface area contributed by atoms with Crippen molar-refractivity contribution in [2.24, 2.45) is 0 Å². The van der Waals surface area contributed by atoms with Crippen LogP contribution in [0.25, 0.3) is 0 Å². The first-order valence-electron chi connectivity index (χ1n) is 7.28. The van der Waals surface area contributed by atoms with Crippen molar-refractivity contribution in [1.82, 2.24) is 9.88 Å². The quantitative estimate of drug-likeness (QED) is 0.865. The Morgan fingerprint density at radius 3 is 2.67 bits per heavy atom. The highest BCUT2D eigenvalue weighted by atomic mass is 16.5. The van der Waals surface area contributed by atoms with Crippen LogP contribution < -0.4 is 9.64 Å². The molecule has 1 atom stereocenters. The van der Waals surface area contributed by atoms with Crippen molar-refractivity contribution < 1.29 is 4.74 Å². The Bertz CT molecular complexity index is 588. The maximum atomic E-state index is 5.49. The van der Waals surface area contributed by atoms with Crippen LogP contribution in [0, 0.1) is 0 Å². The Morgan fingerprint density at radius 2 is 1.90 bits per heavy atom. The number of hydrogen-bond acceptors (Lipinski definition) is 4. The van der Waals surface area contributed by atoms with Gasteiger partial charge in [-0.05, 0) is 24.7 Å². The molecule has 110 valence electrons. The molecule has 1 aromatic carbocycles. The van der Waals surface area contributed by atoms with E-state index in [1.165, 1.54) is 5.56 Å². The van der Waals surface area contributed by atoms with Crippen molar-refractivity contribution >= 4 is 5.82 Å². The zero-order valence-corrected chi connectivity index (χ0v) is 12.6. The van der Waals surface area contributed by atoms with Crippen LogP contribution in [0.5, 0.6) is 5.75 Å². The van der Waals surface area contributed by atoms with Gasteiger partial charge in [0, 0.05) is 25.8 Å². The molecular weight excluding hydrogens is 262 g/mol. The largest absolute Gasteiger partial charge is 0.493 e. The SMILES string of the molecule is COc1cccnc1N1CCN(C)CC1c1ccccc1. The molecule has 3 rings (SSSR count). The maximum Gasteiger partial charge on any atom is 0.171 e. The third-order valence-corrected chi connectivity index (χ3v) is 4.01. The van der Waals surface area contributed by atoms with Crippen molar-refractivity contribution in [3.8, 4) is 5.75 Å². The van der Waals surface area contributed by atoms with E-state index in [1.54, 1.807) is 7.11 Å². The van der Waals surface area contributed by atoms with E-state index in [0.29, 0.717) is 6.04 Å². The van der Waals surface area contributed by atoms with Crippen LogP contribution in [0.15, 0.2) is 48.7 Å². The van der Waals surface area contributed by atoms with Gasteiger partial charge in [-0.25, -0.2) is 4.98 Å². The van der Waals surface area contributed by atoms with Crippen LogP contribution >= 0.6 is 0 Å². The molecule has 4 nitrogen and oxygen atoms in total. The first-order chi connectivity index (χ1) is 10.3. The number of anilines is 1. The highest BCUT2D eigenvalue weighted by Crippen LogP contribution is 2.34. The van der Waals surface area contributed by atoms with E-state index in [2.05, 4.69) is 52.2 Å². The van der Waals surface area contributed by atoms with Gasteiger partial charge in [-0.15, -0.1) is 0 Å². The van der Waals surface area contributed by atoms with Gasteiger partial charge in [-0.1, -0.05) is 30.3 Å². The van der Waals surface area contributed by atoms with E-state index >= 15 is 0 Å². The highest BCUT2D eigenvalue weighted by molar-refractivity contribution is 5.54. The monoisotopic (exact) mass is 283 g/mol. The van der Waals surface area contributed by atoms with Gasteiger partial charge in [-0.2, -0.15) is 0 Å². The predicted octanol–water partition coefficient (Wildman–Crippen LogP) is 2.58. The van der Waals surface area contributed by atoms with E-state index < -0.39 is 0 Å². The van der Waals surface area contributed by atoms with Gasteiger partial charge in [-0.3, -0.25) is 0 Å². The van der Waals surface area contributed by atoms with Gasteiger partial charge in [0.05, 0.1) is 13.2 Å². The lowest BCUT2D eigenvalue weighted by molar-refractivity contribution is 0.266. The normalized spacial score (nSPS) is 19.5. The number of ether oxygens (including phenoxy) is 1. The molecule has 0 N–H and O–H groups in total. The number of likely N-dealkylation sites (N-methyl/N-ethyl adjacent to an activating group) is 1. The predicted molar refractivity (Wildman–Crippen MR) is 84.8 cm³/mol. The van der Waals surface area contributed by atoms with Crippen LogP contribution in [-0.2, 0) is 0 Å². The van der Waals surface area contributed by atoms with Crippen LogP contribution in [0.1, 0.15) is 11.6 Å². The summed E-state index contributed by atoms with van der Waals surface area (Å²) in [6, 6.07) is 14.8. The molecule has 2 aromatic rings. The minimum absolute atomic E-state index is 0.300. The van der Waals surface area contributed by atoms with E-state index in [-0.39, 0.29) is 0 Å². The zero-order valence-electron chi connectivity index (χ0n) is 12.6. The molecular formula is C17H21N3O. The molecule has 1 aromatic heterocycles. The number of rotatable bonds is 3. The average Bonchev–Trinajstić information content (AvgIpc) is 2.55. The van der Waals surface area contributed by atoms with Gasteiger partial charge >= 0.3 is 0 Å². The lowest BCUT2D eigenvalue weighted by Crippen LogP contribution is -2.47. The smallest absolute Gasteiger partial charge is 0.171 e. The Kier molecular flexibility index (Phi) is 4.06. The van der Waals surface area contributed by atoms with Crippen LogP contribution in [0.2, 0.25) is 0 Å². The summed E-state index contributed by atoms with van der Waals surface area (Å²) in [4.78, 5) is 9.28. The fourth-order valence-electron chi connectivity index (χ4n) is 2.89. The second-order valence-corrected chi connectivity index (χ2v) is 5.41. The molecule has 21 heavy (non-hydrogen) atoms. The summed E-state index contributed by atoms with van der Waals surface area (Å²) in [5, 5.41) is 0. The van der Waals surface area contributed by atoms with E-state index in [0.717, 1.165) is 31.2 Å². The second-order valence-electron chi connectivity index (χ2n) is 5.41. The molecule has 1 saturated heterocycles. The van der Waals surface area contributed by atoms with Gasteiger partial charge in [0.2, 0.25) is 0 Å². The summed E-state index contributed by atoms with van der Waals surface area (Å²) < 4.78 is 5.49. The lowest BCUT2D eigenvalue weighted by Gasteiger charge is -2.41. The third kappa shape index (κ3) is 2.85. The number of nitrogens with zero attached hydrogens (tertiary/aromatic N) is 3. The Labute approximate surface area is 126 Å². The van der Waals surface area contributed by atoms with Crippen LogP contribution in [0.4, 0.5) is 5.82 Å². The molecule has 1 aliphatic heterocycles. The highest BCUT2D eigenvalue weighted by Gasteiger charge is 2.29. The standard InChI is InChI=1S/C17H21N3O/c1-19-11-12-20(17-16(21-2)9-6-10-18-17)15(13-19)14-7-4-3-5-8-14/h3-10,15H,11-13H2,1-2H3. The number of methoxy groups -OCH3 is 1. The fraction of sp³-hybridized carbons (Fsp3) is 0.353. The fourth-order valence-corrected chi connectivity index (χ4v) is 2.89. The number of hydrogen-bond donors (Lipinski definition) is 0. The molecule has 2 heterocycles. The molecule has 1 fully saturated rings. The van der Waals surface area contributed by atoms with Gasteiger partial charge in [0.1, 0.15) is 0 Å². The summed E-state index contributed by atoms with van der Waals surface area (Å²) in [5.41, 5.74) is 1.32. The summed E-state index contributed by atoms with van der Waals surface area (Å²) in [5.74, 6) is 1.77. The molecule has 1 aliphatic rings. The number of benzene rings is 1. The second kappa shape index (κ2) is 6.14. The Morgan fingerprint density at radius 1 is 1.10 bits per heavy atom. The lowest BCUT2D eigenvalue weighted by atomic mass is 10.0. The molecule has 1 unspecified atom stereocenters. The van der Waals surface area contributed by atoms with Crippen molar-refractivity contribution in [2.45, 2.75) is 6.04 Å².